The zero-order chi connectivity index (χ0) is 18.7. The van der Waals surface area contributed by atoms with Crippen LogP contribution < -0.4 is 10.9 Å². The molecule has 0 saturated heterocycles. The molecule has 3 rings (SSSR count). The number of thioether (sulfide) groups is 1. The molecule has 1 amide bonds. The van der Waals surface area contributed by atoms with Gasteiger partial charge in [0.25, 0.3) is 5.56 Å². The number of hydrogen-bond donors (Lipinski definition) is 1. The first-order valence-corrected chi connectivity index (χ1v) is 9.40. The second-order valence-corrected chi connectivity index (χ2v) is 6.56. The predicted molar refractivity (Wildman–Crippen MR) is 103 cm³/mol. The SMILES string of the molecule is CCc1cccc(C)c1NC(=O)Cn1cnc2nc(SC)ncc2c1=O. The first-order chi connectivity index (χ1) is 12.5. The van der Waals surface area contributed by atoms with Gasteiger partial charge in [0.05, 0.1) is 0 Å². The van der Waals surface area contributed by atoms with Crippen LogP contribution in [0.3, 0.4) is 0 Å². The van der Waals surface area contributed by atoms with Crippen LogP contribution in [0.5, 0.6) is 0 Å². The lowest BCUT2D eigenvalue weighted by Crippen LogP contribution is -2.28. The third-order valence-corrected chi connectivity index (χ3v) is 4.62. The molecule has 0 radical (unpaired) electrons. The number of carbonyl (C=O) groups excluding carboxylic acids is 1. The number of rotatable bonds is 5. The molecule has 0 atom stereocenters. The van der Waals surface area contributed by atoms with Crippen molar-refractivity contribution >= 4 is 34.4 Å². The summed E-state index contributed by atoms with van der Waals surface area (Å²) < 4.78 is 1.27. The number of nitrogens with zero attached hydrogens (tertiary/aromatic N) is 4. The molecule has 7 nitrogen and oxygen atoms in total. The lowest BCUT2D eigenvalue weighted by Gasteiger charge is -2.13. The van der Waals surface area contributed by atoms with E-state index in [1.54, 1.807) is 0 Å². The van der Waals surface area contributed by atoms with E-state index in [1.807, 2.05) is 38.3 Å². The number of hydrogen-bond acceptors (Lipinski definition) is 6. The van der Waals surface area contributed by atoms with Gasteiger partial charge in [-0.05, 0) is 30.7 Å². The zero-order valence-electron chi connectivity index (χ0n) is 14.8. The summed E-state index contributed by atoms with van der Waals surface area (Å²) in [5, 5.41) is 3.75. The fraction of sp³-hybridized carbons (Fsp3) is 0.278. The van der Waals surface area contributed by atoms with Crippen LogP contribution in [0.4, 0.5) is 5.69 Å². The van der Waals surface area contributed by atoms with Crippen molar-refractivity contribution in [2.45, 2.75) is 32.0 Å². The Morgan fingerprint density at radius 3 is 2.85 bits per heavy atom. The Morgan fingerprint density at radius 2 is 2.12 bits per heavy atom. The third-order valence-electron chi connectivity index (χ3n) is 4.06. The van der Waals surface area contributed by atoms with Crippen LogP contribution in [-0.4, -0.2) is 31.7 Å². The van der Waals surface area contributed by atoms with E-state index in [9.17, 15) is 9.59 Å². The quantitative estimate of drug-likeness (QED) is 0.549. The average Bonchev–Trinajstić information content (AvgIpc) is 2.65. The highest BCUT2D eigenvalue weighted by molar-refractivity contribution is 7.98. The lowest BCUT2D eigenvalue weighted by molar-refractivity contribution is -0.116. The van der Waals surface area contributed by atoms with Crippen LogP contribution in [-0.2, 0) is 17.8 Å². The molecule has 134 valence electrons. The smallest absolute Gasteiger partial charge is 0.264 e. The number of amides is 1. The number of anilines is 1. The summed E-state index contributed by atoms with van der Waals surface area (Å²) in [7, 11) is 0. The van der Waals surface area contributed by atoms with Crippen LogP contribution in [0, 0.1) is 6.92 Å². The van der Waals surface area contributed by atoms with Crippen molar-refractivity contribution in [3.8, 4) is 0 Å². The third kappa shape index (κ3) is 3.60. The minimum atomic E-state index is -0.335. The highest BCUT2D eigenvalue weighted by Crippen LogP contribution is 2.21. The van der Waals surface area contributed by atoms with Gasteiger partial charge in [-0.15, -0.1) is 0 Å². The Kier molecular flexibility index (Phi) is 5.32. The molecule has 1 aromatic carbocycles. The number of carbonyl (C=O) groups is 1. The maximum Gasteiger partial charge on any atom is 0.264 e. The van der Waals surface area contributed by atoms with Crippen molar-refractivity contribution in [2.75, 3.05) is 11.6 Å². The van der Waals surface area contributed by atoms with Crippen molar-refractivity contribution in [2.24, 2.45) is 0 Å². The Labute approximate surface area is 154 Å². The fourth-order valence-corrected chi connectivity index (χ4v) is 3.02. The van der Waals surface area contributed by atoms with Crippen LogP contribution in [0.1, 0.15) is 18.1 Å². The number of fused-ring (bicyclic) bond motifs is 1. The summed E-state index contributed by atoms with van der Waals surface area (Å²) in [6.07, 6.45) is 5.46. The van der Waals surface area contributed by atoms with E-state index in [4.69, 9.17) is 0 Å². The van der Waals surface area contributed by atoms with E-state index in [-0.39, 0.29) is 18.0 Å². The molecule has 2 heterocycles. The molecular formula is C18H19N5O2S. The van der Waals surface area contributed by atoms with Gasteiger partial charge in [0.15, 0.2) is 10.8 Å². The van der Waals surface area contributed by atoms with Crippen molar-refractivity contribution in [3.63, 3.8) is 0 Å². The number of aryl methyl sites for hydroxylation is 2. The second-order valence-electron chi connectivity index (χ2n) is 5.78. The number of nitrogens with one attached hydrogen (secondary N) is 1. The normalized spacial score (nSPS) is 10.9. The van der Waals surface area contributed by atoms with E-state index in [1.165, 1.54) is 28.9 Å². The molecule has 8 heteroatoms. The van der Waals surface area contributed by atoms with Gasteiger partial charge < -0.3 is 5.32 Å². The maximum absolute atomic E-state index is 12.6. The first-order valence-electron chi connectivity index (χ1n) is 8.18. The Balaban J connectivity index is 1.86. The standard InChI is InChI=1S/C18H19N5O2S/c1-4-12-7-5-6-11(2)15(12)21-14(24)9-23-10-20-16-13(17(23)25)8-19-18(22-16)26-3/h5-8,10H,4,9H2,1-3H3,(H,21,24). The van der Waals surface area contributed by atoms with Gasteiger partial charge in [0, 0.05) is 11.9 Å². The van der Waals surface area contributed by atoms with Crippen molar-refractivity contribution < 1.29 is 4.79 Å². The van der Waals surface area contributed by atoms with Gasteiger partial charge in [-0.1, -0.05) is 36.9 Å². The fourth-order valence-electron chi connectivity index (χ4n) is 2.68. The molecule has 0 unspecified atom stereocenters. The molecule has 0 saturated carbocycles. The highest BCUT2D eigenvalue weighted by atomic mass is 32.2. The minimum Gasteiger partial charge on any atom is -0.324 e. The minimum absolute atomic E-state index is 0.121. The predicted octanol–water partition coefficient (Wildman–Crippen LogP) is 2.42. The topological polar surface area (TPSA) is 89.8 Å². The summed E-state index contributed by atoms with van der Waals surface area (Å²) in [4.78, 5) is 37.5. The number of para-hydroxylation sites is 1. The Morgan fingerprint density at radius 1 is 1.31 bits per heavy atom. The molecule has 2 aromatic heterocycles. The van der Waals surface area contributed by atoms with Crippen LogP contribution in [0.25, 0.3) is 11.0 Å². The molecular weight excluding hydrogens is 350 g/mol. The maximum atomic E-state index is 12.6. The molecule has 0 aliphatic heterocycles. The largest absolute Gasteiger partial charge is 0.324 e. The molecule has 0 spiro atoms. The average molecular weight is 369 g/mol. The van der Waals surface area contributed by atoms with Crippen molar-refractivity contribution in [3.05, 3.63) is 52.2 Å². The van der Waals surface area contributed by atoms with Crippen molar-refractivity contribution in [1.82, 2.24) is 19.5 Å². The van der Waals surface area contributed by atoms with Gasteiger partial charge in [-0.3, -0.25) is 14.2 Å². The van der Waals surface area contributed by atoms with Gasteiger partial charge in [-0.25, -0.2) is 15.0 Å². The second kappa shape index (κ2) is 7.65. The van der Waals surface area contributed by atoms with Crippen LogP contribution in [0.15, 0.2) is 40.7 Å². The zero-order valence-corrected chi connectivity index (χ0v) is 15.6. The Bertz CT molecular complexity index is 1030. The lowest BCUT2D eigenvalue weighted by atomic mass is 10.1. The van der Waals surface area contributed by atoms with Crippen LogP contribution >= 0.6 is 11.8 Å². The first kappa shape index (κ1) is 18.1. The molecule has 26 heavy (non-hydrogen) atoms. The van der Waals surface area contributed by atoms with Gasteiger partial charge in [0.1, 0.15) is 18.3 Å². The summed E-state index contributed by atoms with van der Waals surface area (Å²) in [6, 6.07) is 5.89. The molecule has 1 N–H and O–H groups in total. The number of aromatic nitrogens is 4. The monoisotopic (exact) mass is 369 g/mol. The van der Waals surface area contributed by atoms with Gasteiger partial charge in [0.2, 0.25) is 5.91 Å². The van der Waals surface area contributed by atoms with E-state index in [0.717, 1.165) is 23.2 Å². The summed E-state index contributed by atoms with van der Waals surface area (Å²) >= 11 is 1.38. The van der Waals surface area contributed by atoms with E-state index in [2.05, 4.69) is 20.3 Å². The highest BCUT2D eigenvalue weighted by Gasteiger charge is 2.12. The van der Waals surface area contributed by atoms with Crippen molar-refractivity contribution in [1.29, 1.82) is 0 Å². The summed E-state index contributed by atoms with van der Waals surface area (Å²) in [6.45, 7) is 3.85. The molecule has 0 bridgehead atoms. The van der Waals surface area contributed by atoms with Gasteiger partial charge in [-0.2, -0.15) is 0 Å². The molecule has 0 fully saturated rings. The molecule has 0 aliphatic rings. The summed E-state index contributed by atoms with van der Waals surface area (Å²) in [5.41, 5.74) is 2.84. The molecule has 3 aromatic rings. The van der Waals surface area contributed by atoms with E-state index < -0.39 is 0 Å². The van der Waals surface area contributed by atoms with Gasteiger partial charge >= 0.3 is 0 Å². The number of benzene rings is 1. The van der Waals surface area contributed by atoms with E-state index >= 15 is 0 Å². The van der Waals surface area contributed by atoms with Crippen LogP contribution in [0.2, 0.25) is 0 Å². The Hall–Kier alpha value is -2.74. The molecule has 0 aliphatic carbocycles. The summed E-state index contributed by atoms with van der Waals surface area (Å²) in [5.74, 6) is -0.279. The van der Waals surface area contributed by atoms with E-state index in [0.29, 0.717) is 16.2 Å².